The van der Waals surface area contributed by atoms with E-state index >= 15 is 0 Å². The molecule has 0 saturated heterocycles. The Morgan fingerprint density at radius 3 is 2.61 bits per heavy atom. The first kappa shape index (κ1) is 12.8. The average molecular weight is 324 g/mol. The lowest BCUT2D eigenvalue weighted by molar-refractivity contribution is 0.326. The Morgan fingerprint density at radius 1 is 1.17 bits per heavy atom. The summed E-state index contributed by atoms with van der Waals surface area (Å²) in [6, 6.07) is 8.53. The molecule has 1 aromatic carbocycles. The molecule has 96 valence electrons. The Labute approximate surface area is 122 Å². The SMILES string of the molecule is CC1=C(c2ccccc2Br)SNC12CCCCC2. The van der Waals surface area contributed by atoms with Crippen molar-refractivity contribution in [2.45, 2.75) is 44.6 Å². The van der Waals surface area contributed by atoms with Crippen LogP contribution in [0.15, 0.2) is 34.3 Å². The Kier molecular flexibility index (Phi) is 3.57. The van der Waals surface area contributed by atoms with E-state index in [1.54, 1.807) is 5.57 Å². The molecule has 1 aliphatic heterocycles. The summed E-state index contributed by atoms with van der Waals surface area (Å²) in [5, 5.41) is 0. The van der Waals surface area contributed by atoms with Gasteiger partial charge in [-0.25, -0.2) is 4.72 Å². The predicted molar refractivity (Wildman–Crippen MR) is 83.3 cm³/mol. The summed E-state index contributed by atoms with van der Waals surface area (Å²) in [6.45, 7) is 2.31. The third-order valence-electron chi connectivity index (χ3n) is 4.23. The monoisotopic (exact) mass is 323 g/mol. The Morgan fingerprint density at radius 2 is 1.89 bits per heavy atom. The van der Waals surface area contributed by atoms with Gasteiger partial charge in [-0.15, -0.1) is 0 Å². The number of rotatable bonds is 1. The molecule has 0 bridgehead atoms. The summed E-state index contributed by atoms with van der Waals surface area (Å²) in [6.07, 6.45) is 6.69. The molecule has 2 aliphatic rings. The number of hydrogen-bond donors (Lipinski definition) is 1. The van der Waals surface area contributed by atoms with Gasteiger partial charge in [0.1, 0.15) is 0 Å². The standard InChI is InChI=1S/C15H18BrNS/c1-11-14(12-7-3-4-8-13(12)16)18-17-15(11)9-5-2-6-10-15/h3-4,7-8,17H,2,5-6,9-10H2,1H3. The number of halogens is 1. The van der Waals surface area contributed by atoms with E-state index in [0.29, 0.717) is 0 Å². The van der Waals surface area contributed by atoms with Crippen LogP contribution in [0.3, 0.4) is 0 Å². The summed E-state index contributed by atoms with van der Waals surface area (Å²) in [5.74, 6) is 0. The van der Waals surface area contributed by atoms with Crippen LogP contribution in [-0.2, 0) is 0 Å². The minimum Gasteiger partial charge on any atom is -0.250 e. The second kappa shape index (κ2) is 5.03. The molecule has 1 saturated carbocycles. The van der Waals surface area contributed by atoms with Gasteiger partial charge in [0.05, 0.1) is 5.54 Å². The fourth-order valence-corrected chi connectivity index (χ4v) is 4.96. The van der Waals surface area contributed by atoms with Crippen LogP contribution < -0.4 is 4.72 Å². The van der Waals surface area contributed by atoms with E-state index in [2.05, 4.69) is 51.8 Å². The second-order valence-electron chi connectivity index (χ2n) is 5.28. The van der Waals surface area contributed by atoms with Gasteiger partial charge >= 0.3 is 0 Å². The van der Waals surface area contributed by atoms with Crippen molar-refractivity contribution in [2.24, 2.45) is 0 Å². The normalized spacial score (nSPS) is 22.8. The summed E-state index contributed by atoms with van der Waals surface area (Å²) in [4.78, 5) is 1.42. The topological polar surface area (TPSA) is 12.0 Å². The van der Waals surface area contributed by atoms with Gasteiger partial charge in [-0.2, -0.15) is 0 Å². The molecule has 3 heteroatoms. The van der Waals surface area contributed by atoms with Gasteiger partial charge in [-0.3, -0.25) is 0 Å². The third-order valence-corrected chi connectivity index (χ3v) is 6.15. The van der Waals surface area contributed by atoms with E-state index in [0.717, 1.165) is 0 Å². The lowest BCUT2D eigenvalue weighted by Crippen LogP contribution is -2.41. The number of benzene rings is 1. The van der Waals surface area contributed by atoms with Crippen molar-refractivity contribution in [3.63, 3.8) is 0 Å². The second-order valence-corrected chi connectivity index (χ2v) is 6.95. The zero-order chi connectivity index (χ0) is 12.6. The third kappa shape index (κ3) is 2.06. The summed E-state index contributed by atoms with van der Waals surface area (Å²) in [7, 11) is 0. The lowest BCUT2D eigenvalue weighted by Gasteiger charge is -2.34. The molecule has 1 aliphatic carbocycles. The minimum atomic E-state index is 0.271. The molecule has 18 heavy (non-hydrogen) atoms. The van der Waals surface area contributed by atoms with Crippen LogP contribution in [0, 0.1) is 0 Å². The van der Waals surface area contributed by atoms with E-state index in [9.17, 15) is 0 Å². The minimum absolute atomic E-state index is 0.271. The maximum absolute atomic E-state index is 3.72. The van der Waals surface area contributed by atoms with Crippen LogP contribution in [0.2, 0.25) is 0 Å². The van der Waals surface area contributed by atoms with Gasteiger partial charge in [0, 0.05) is 14.9 Å². The molecule has 1 fully saturated rings. The highest BCUT2D eigenvalue weighted by molar-refractivity contribution is 9.10. The largest absolute Gasteiger partial charge is 0.250 e. The van der Waals surface area contributed by atoms with Crippen molar-refractivity contribution >= 4 is 32.8 Å². The Balaban J connectivity index is 2.00. The van der Waals surface area contributed by atoms with Crippen LogP contribution in [-0.4, -0.2) is 5.54 Å². The van der Waals surface area contributed by atoms with Crippen molar-refractivity contribution in [1.29, 1.82) is 0 Å². The van der Waals surface area contributed by atoms with Gasteiger partial charge in [0.25, 0.3) is 0 Å². The van der Waals surface area contributed by atoms with Gasteiger partial charge in [-0.1, -0.05) is 53.4 Å². The summed E-state index contributed by atoms with van der Waals surface area (Å²) < 4.78 is 4.92. The van der Waals surface area contributed by atoms with E-state index in [4.69, 9.17) is 0 Å². The van der Waals surface area contributed by atoms with Gasteiger partial charge < -0.3 is 0 Å². The highest BCUT2D eigenvalue weighted by atomic mass is 79.9. The molecule has 1 N–H and O–H groups in total. The van der Waals surface area contributed by atoms with Crippen LogP contribution >= 0.6 is 27.9 Å². The zero-order valence-corrected chi connectivity index (χ0v) is 13.0. The smallest absolute Gasteiger partial charge is 0.0506 e. The lowest BCUT2D eigenvalue weighted by atomic mass is 9.77. The van der Waals surface area contributed by atoms with Crippen molar-refractivity contribution in [2.75, 3.05) is 0 Å². The summed E-state index contributed by atoms with van der Waals surface area (Å²) >= 11 is 5.49. The molecule has 0 aromatic heterocycles. The van der Waals surface area contributed by atoms with E-state index in [-0.39, 0.29) is 5.54 Å². The van der Waals surface area contributed by atoms with Crippen molar-refractivity contribution in [3.05, 3.63) is 39.9 Å². The molecule has 0 atom stereocenters. The first-order chi connectivity index (χ1) is 8.73. The van der Waals surface area contributed by atoms with Crippen LogP contribution in [0.4, 0.5) is 0 Å². The molecule has 0 unspecified atom stereocenters. The molecule has 1 aromatic rings. The Hall–Kier alpha value is -0.250. The van der Waals surface area contributed by atoms with Crippen molar-refractivity contribution in [1.82, 2.24) is 4.72 Å². The molecule has 0 radical (unpaired) electrons. The maximum Gasteiger partial charge on any atom is 0.0506 e. The van der Waals surface area contributed by atoms with E-state index in [1.807, 2.05) is 11.9 Å². The molecule has 1 nitrogen and oxygen atoms in total. The molecule has 1 spiro atoms. The van der Waals surface area contributed by atoms with Crippen LogP contribution in [0.5, 0.6) is 0 Å². The van der Waals surface area contributed by atoms with Gasteiger partial charge in [0.15, 0.2) is 0 Å². The molecular formula is C15H18BrNS. The quantitative estimate of drug-likeness (QED) is 0.718. The molecule has 0 amide bonds. The van der Waals surface area contributed by atoms with Crippen LogP contribution in [0.25, 0.3) is 4.91 Å². The highest BCUT2D eigenvalue weighted by Gasteiger charge is 2.40. The fourth-order valence-electron chi connectivity index (χ4n) is 3.05. The average Bonchev–Trinajstić information content (AvgIpc) is 2.69. The van der Waals surface area contributed by atoms with E-state index < -0.39 is 0 Å². The van der Waals surface area contributed by atoms with Crippen LogP contribution in [0.1, 0.15) is 44.6 Å². The van der Waals surface area contributed by atoms with Gasteiger partial charge in [0.2, 0.25) is 0 Å². The first-order valence-corrected chi connectivity index (χ1v) is 8.24. The van der Waals surface area contributed by atoms with Crippen molar-refractivity contribution < 1.29 is 0 Å². The summed E-state index contributed by atoms with van der Waals surface area (Å²) in [5.41, 5.74) is 3.14. The highest BCUT2D eigenvalue weighted by Crippen LogP contribution is 2.48. The maximum atomic E-state index is 3.72. The predicted octanol–water partition coefficient (Wildman–Crippen LogP) is 5.13. The van der Waals surface area contributed by atoms with Crippen molar-refractivity contribution in [3.8, 4) is 0 Å². The number of nitrogens with one attached hydrogen (secondary N) is 1. The molecule has 3 rings (SSSR count). The first-order valence-electron chi connectivity index (χ1n) is 6.63. The van der Waals surface area contributed by atoms with E-state index in [1.165, 1.54) is 47.0 Å². The molecular weight excluding hydrogens is 306 g/mol. The number of hydrogen-bond acceptors (Lipinski definition) is 2. The Bertz CT molecular complexity index is 489. The fraction of sp³-hybridized carbons (Fsp3) is 0.467. The van der Waals surface area contributed by atoms with Gasteiger partial charge in [-0.05, 0) is 43.4 Å². The molecule has 1 heterocycles. The zero-order valence-electron chi connectivity index (χ0n) is 10.6.